The van der Waals surface area contributed by atoms with Gasteiger partial charge in [-0.05, 0) is 73.7 Å². The molecule has 3 atom stereocenters. The van der Waals surface area contributed by atoms with Gasteiger partial charge in [-0.3, -0.25) is 4.98 Å². The van der Waals surface area contributed by atoms with Gasteiger partial charge in [0.1, 0.15) is 23.1 Å². The summed E-state index contributed by atoms with van der Waals surface area (Å²) in [5.74, 6) is 0.602. The number of benzene rings is 1. The topological polar surface area (TPSA) is 86.8 Å². The maximum absolute atomic E-state index is 13.9. The van der Waals surface area contributed by atoms with Crippen LogP contribution in [0.4, 0.5) is 10.2 Å². The zero-order valence-electron chi connectivity index (χ0n) is 18.7. The van der Waals surface area contributed by atoms with E-state index < -0.39 is 0 Å². The Hall–Kier alpha value is -3.52. The second-order valence-corrected chi connectivity index (χ2v) is 9.24. The molecule has 1 aromatic carbocycles. The summed E-state index contributed by atoms with van der Waals surface area (Å²) in [7, 11) is 0. The van der Waals surface area contributed by atoms with Crippen LogP contribution in [0.25, 0.3) is 17.0 Å². The average Bonchev–Trinajstić information content (AvgIpc) is 3.59. The van der Waals surface area contributed by atoms with Crippen molar-refractivity contribution >= 4 is 11.5 Å². The SMILES string of the molecule is Oc1ccc(F)cc1[C@H]1CCCN1c1ccc2ncc(-c3cc([C@@H]4CCC[C@@H]4O)ccn3)n2n1. The number of aliphatic hydroxyl groups excluding tert-OH is 1. The van der Waals surface area contributed by atoms with Gasteiger partial charge in [-0.25, -0.2) is 13.9 Å². The summed E-state index contributed by atoms with van der Waals surface area (Å²) < 4.78 is 15.7. The van der Waals surface area contributed by atoms with Crippen molar-refractivity contribution < 1.29 is 14.6 Å². The first-order chi connectivity index (χ1) is 16.6. The molecule has 0 amide bonds. The largest absolute Gasteiger partial charge is 0.508 e. The normalized spacial score (nSPS) is 22.6. The number of hydrogen-bond acceptors (Lipinski definition) is 6. The molecule has 1 aliphatic carbocycles. The summed E-state index contributed by atoms with van der Waals surface area (Å²) >= 11 is 0. The summed E-state index contributed by atoms with van der Waals surface area (Å²) in [6.45, 7) is 0.760. The minimum absolute atomic E-state index is 0.0952. The Labute approximate surface area is 196 Å². The number of phenolic OH excluding ortho intramolecular Hbond substituents is 1. The van der Waals surface area contributed by atoms with Gasteiger partial charge in [-0.2, -0.15) is 0 Å². The highest BCUT2D eigenvalue weighted by atomic mass is 19.1. The highest BCUT2D eigenvalue weighted by molar-refractivity contribution is 5.61. The van der Waals surface area contributed by atoms with Crippen LogP contribution in [0.1, 0.15) is 55.2 Å². The Bertz CT molecular complexity index is 1360. The van der Waals surface area contributed by atoms with E-state index in [4.69, 9.17) is 5.10 Å². The Morgan fingerprint density at radius 3 is 2.74 bits per heavy atom. The molecule has 0 unspecified atom stereocenters. The van der Waals surface area contributed by atoms with Crippen LogP contribution in [0, 0.1) is 5.82 Å². The Morgan fingerprint density at radius 2 is 1.88 bits per heavy atom. The summed E-state index contributed by atoms with van der Waals surface area (Å²) in [4.78, 5) is 11.2. The van der Waals surface area contributed by atoms with Crippen molar-refractivity contribution in [1.29, 1.82) is 0 Å². The molecule has 2 N–H and O–H groups in total. The Morgan fingerprint density at radius 1 is 0.971 bits per heavy atom. The number of aliphatic hydroxyl groups is 1. The van der Waals surface area contributed by atoms with Crippen LogP contribution >= 0.6 is 0 Å². The molecule has 2 aliphatic rings. The molecule has 4 aromatic rings. The molecule has 34 heavy (non-hydrogen) atoms. The number of imidazole rings is 1. The van der Waals surface area contributed by atoms with Crippen molar-refractivity contribution in [2.45, 2.75) is 50.2 Å². The van der Waals surface area contributed by atoms with Gasteiger partial charge in [-0.15, -0.1) is 5.10 Å². The number of hydrogen-bond donors (Lipinski definition) is 2. The second-order valence-electron chi connectivity index (χ2n) is 9.24. The molecule has 0 spiro atoms. The maximum Gasteiger partial charge on any atom is 0.154 e. The molecule has 1 aliphatic heterocycles. The van der Waals surface area contributed by atoms with Crippen molar-refractivity contribution in [2.75, 3.05) is 11.4 Å². The van der Waals surface area contributed by atoms with E-state index in [0.29, 0.717) is 11.2 Å². The fourth-order valence-corrected chi connectivity index (χ4v) is 5.49. The number of fused-ring (bicyclic) bond motifs is 1. The van der Waals surface area contributed by atoms with Gasteiger partial charge in [0.25, 0.3) is 0 Å². The third-order valence-corrected chi connectivity index (χ3v) is 7.20. The first kappa shape index (κ1) is 21.0. The lowest BCUT2D eigenvalue weighted by Gasteiger charge is -2.26. The van der Waals surface area contributed by atoms with Gasteiger partial charge in [-0.1, -0.05) is 6.42 Å². The van der Waals surface area contributed by atoms with E-state index in [0.717, 1.165) is 61.4 Å². The lowest BCUT2D eigenvalue weighted by molar-refractivity contribution is 0.164. The third kappa shape index (κ3) is 3.58. The van der Waals surface area contributed by atoms with Gasteiger partial charge >= 0.3 is 0 Å². The standard InChI is InChI=1S/C26H26FN5O2/c27-17-6-7-24(34)19(14-17)21-4-2-12-31(21)26-9-8-25-29-15-22(32(25)30-26)20-13-16(10-11-28-20)18-3-1-5-23(18)33/h6-11,13-15,18,21,23,33-34H,1-5,12H2/t18-,21+,23-/m0/s1. The maximum atomic E-state index is 13.9. The summed E-state index contributed by atoms with van der Waals surface area (Å²) in [5.41, 5.74) is 3.90. The number of aromatic nitrogens is 4. The van der Waals surface area contributed by atoms with Crippen LogP contribution in [0.5, 0.6) is 5.75 Å². The first-order valence-electron chi connectivity index (χ1n) is 11.8. The molecule has 3 aromatic heterocycles. The molecule has 1 saturated carbocycles. The average molecular weight is 460 g/mol. The van der Waals surface area contributed by atoms with E-state index in [-0.39, 0.29) is 29.6 Å². The number of pyridine rings is 1. The van der Waals surface area contributed by atoms with E-state index in [1.807, 2.05) is 24.3 Å². The van der Waals surface area contributed by atoms with E-state index in [9.17, 15) is 14.6 Å². The molecule has 7 nitrogen and oxygen atoms in total. The molecule has 8 heteroatoms. The van der Waals surface area contributed by atoms with Crippen molar-refractivity contribution in [1.82, 2.24) is 19.6 Å². The predicted molar refractivity (Wildman–Crippen MR) is 126 cm³/mol. The van der Waals surface area contributed by atoms with E-state index in [1.165, 1.54) is 18.2 Å². The zero-order valence-corrected chi connectivity index (χ0v) is 18.7. The van der Waals surface area contributed by atoms with E-state index >= 15 is 0 Å². The molecular weight excluding hydrogens is 433 g/mol. The van der Waals surface area contributed by atoms with Gasteiger partial charge in [0.2, 0.25) is 0 Å². The molecule has 0 radical (unpaired) electrons. The number of phenols is 1. The smallest absolute Gasteiger partial charge is 0.154 e. The highest BCUT2D eigenvalue weighted by Gasteiger charge is 2.30. The molecule has 6 rings (SSSR count). The fourth-order valence-electron chi connectivity index (χ4n) is 5.49. The van der Waals surface area contributed by atoms with Crippen molar-refractivity contribution in [3.05, 3.63) is 71.8 Å². The van der Waals surface area contributed by atoms with Gasteiger partial charge in [0.05, 0.1) is 24.0 Å². The molecule has 0 bridgehead atoms. The van der Waals surface area contributed by atoms with Crippen LogP contribution < -0.4 is 4.90 Å². The van der Waals surface area contributed by atoms with Crippen LogP contribution in [-0.2, 0) is 0 Å². The Balaban J connectivity index is 1.38. The number of nitrogens with zero attached hydrogens (tertiary/aromatic N) is 5. The molecule has 2 fully saturated rings. The summed E-state index contributed by atoms with van der Waals surface area (Å²) in [6.07, 6.45) is 7.80. The summed E-state index contributed by atoms with van der Waals surface area (Å²) in [5, 5.41) is 25.6. The second kappa shape index (κ2) is 8.36. The molecule has 4 heterocycles. The van der Waals surface area contributed by atoms with Crippen molar-refractivity contribution in [2.24, 2.45) is 0 Å². The van der Waals surface area contributed by atoms with Crippen LogP contribution in [-0.4, -0.2) is 42.4 Å². The molecule has 1 saturated heterocycles. The number of halogens is 1. The van der Waals surface area contributed by atoms with E-state index in [1.54, 1.807) is 16.9 Å². The minimum atomic E-state index is -0.363. The predicted octanol–water partition coefficient (Wildman–Crippen LogP) is 4.61. The van der Waals surface area contributed by atoms with Gasteiger partial charge < -0.3 is 15.1 Å². The van der Waals surface area contributed by atoms with Gasteiger partial charge in [0.15, 0.2) is 5.65 Å². The van der Waals surface area contributed by atoms with Crippen LogP contribution in [0.15, 0.2) is 54.9 Å². The van der Waals surface area contributed by atoms with Crippen LogP contribution in [0.3, 0.4) is 0 Å². The minimum Gasteiger partial charge on any atom is -0.508 e. The third-order valence-electron chi connectivity index (χ3n) is 7.20. The number of rotatable bonds is 4. The highest BCUT2D eigenvalue weighted by Crippen LogP contribution is 2.39. The lowest BCUT2D eigenvalue weighted by atomic mass is 9.96. The van der Waals surface area contributed by atoms with Crippen molar-refractivity contribution in [3.63, 3.8) is 0 Å². The number of aromatic hydroxyl groups is 1. The first-order valence-corrected chi connectivity index (χ1v) is 11.8. The number of anilines is 1. The molecule has 174 valence electrons. The van der Waals surface area contributed by atoms with E-state index in [2.05, 4.69) is 14.9 Å². The Kier molecular flexibility index (Phi) is 5.17. The quantitative estimate of drug-likeness (QED) is 0.464. The summed E-state index contributed by atoms with van der Waals surface area (Å²) in [6, 6.07) is 11.8. The zero-order chi connectivity index (χ0) is 23.2. The van der Waals surface area contributed by atoms with Crippen LogP contribution in [0.2, 0.25) is 0 Å². The fraction of sp³-hybridized carbons (Fsp3) is 0.346. The monoisotopic (exact) mass is 459 g/mol. The lowest BCUT2D eigenvalue weighted by Crippen LogP contribution is -2.24. The van der Waals surface area contributed by atoms with Gasteiger partial charge in [0, 0.05) is 24.2 Å². The molecular formula is C26H26FN5O2. The van der Waals surface area contributed by atoms with Crippen molar-refractivity contribution in [3.8, 4) is 17.1 Å².